The minimum Gasteiger partial charge on any atom is -0.347 e. The van der Waals surface area contributed by atoms with Gasteiger partial charge in [0.2, 0.25) is 0 Å². The maximum Gasteiger partial charge on any atom is 0.169 e. The summed E-state index contributed by atoms with van der Waals surface area (Å²) in [6.07, 6.45) is 3.45. The van der Waals surface area contributed by atoms with Crippen LogP contribution in [0.4, 0.5) is 0 Å². The molecule has 2 rings (SSSR count). The van der Waals surface area contributed by atoms with Crippen molar-refractivity contribution in [3.63, 3.8) is 0 Å². The molecule has 2 fully saturated rings. The lowest BCUT2D eigenvalue weighted by molar-refractivity contribution is -0.162. The van der Waals surface area contributed by atoms with Crippen molar-refractivity contribution in [1.29, 1.82) is 0 Å². The van der Waals surface area contributed by atoms with Gasteiger partial charge in [0.05, 0.1) is 12.7 Å². The quantitative estimate of drug-likeness (QED) is 0.637. The molecular weight excluding hydrogens is 154 g/mol. The molecule has 1 heterocycles. The van der Waals surface area contributed by atoms with E-state index in [2.05, 4.69) is 6.92 Å². The molecule has 3 atom stereocenters. The number of nitrogens with two attached hydrogens (primary N) is 1. The minimum absolute atomic E-state index is 0.135. The van der Waals surface area contributed by atoms with Gasteiger partial charge in [0.1, 0.15) is 0 Å². The average Bonchev–Trinajstić information content (AvgIpc) is 2.61. The zero-order chi connectivity index (χ0) is 8.60. The minimum atomic E-state index is -0.247. The lowest BCUT2D eigenvalue weighted by Gasteiger charge is -2.22. The van der Waals surface area contributed by atoms with Gasteiger partial charge in [-0.25, -0.2) is 0 Å². The van der Waals surface area contributed by atoms with Gasteiger partial charge in [0.15, 0.2) is 5.79 Å². The Balaban J connectivity index is 1.97. The van der Waals surface area contributed by atoms with E-state index in [0.717, 1.165) is 18.8 Å². The van der Waals surface area contributed by atoms with Gasteiger partial charge in [0.25, 0.3) is 0 Å². The third-order valence-electron chi connectivity index (χ3n) is 2.85. The molecule has 0 bridgehead atoms. The summed E-state index contributed by atoms with van der Waals surface area (Å²) in [7, 11) is 0. The lowest BCUT2D eigenvalue weighted by Crippen LogP contribution is -2.29. The topological polar surface area (TPSA) is 44.5 Å². The van der Waals surface area contributed by atoms with E-state index < -0.39 is 0 Å². The zero-order valence-corrected chi connectivity index (χ0v) is 7.58. The number of ether oxygens (including phenoxy) is 2. The molecule has 2 N–H and O–H groups in total. The number of hydrogen-bond donors (Lipinski definition) is 1. The van der Waals surface area contributed by atoms with Gasteiger partial charge in [-0.15, -0.1) is 0 Å². The molecule has 0 aromatic carbocycles. The van der Waals surface area contributed by atoms with Crippen LogP contribution in [0.1, 0.15) is 26.2 Å². The first-order chi connectivity index (χ1) is 5.74. The second-order valence-corrected chi connectivity index (χ2v) is 4.05. The highest BCUT2D eigenvalue weighted by molar-refractivity contribution is 4.87. The van der Waals surface area contributed by atoms with Crippen molar-refractivity contribution in [2.45, 2.75) is 38.1 Å². The zero-order valence-electron chi connectivity index (χ0n) is 7.58. The lowest BCUT2D eigenvalue weighted by atomic mass is 10.1. The van der Waals surface area contributed by atoms with E-state index in [1.54, 1.807) is 0 Å². The molecule has 12 heavy (non-hydrogen) atoms. The van der Waals surface area contributed by atoms with Crippen LogP contribution in [0.25, 0.3) is 0 Å². The van der Waals surface area contributed by atoms with Crippen LogP contribution >= 0.6 is 0 Å². The highest BCUT2D eigenvalue weighted by atomic mass is 16.7. The molecular formula is C9H17NO2. The van der Waals surface area contributed by atoms with Crippen LogP contribution in [-0.2, 0) is 9.47 Å². The molecule has 3 nitrogen and oxygen atoms in total. The first-order valence-corrected chi connectivity index (χ1v) is 4.76. The summed E-state index contributed by atoms with van der Waals surface area (Å²) in [5.41, 5.74) is 5.51. The molecule has 1 spiro atoms. The molecule has 1 saturated heterocycles. The maximum atomic E-state index is 5.78. The maximum absolute atomic E-state index is 5.78. The molecule has 0 radical (unpaired) electrons. The summed E-state index contributed by atoms with van der Waals surface area (Å²) in [6, 6.07) is 0. The van der Waals surface area contributed by atoms with E-state index >= 15 is 0 Å². The summed E-state index contributed by atoms with van der Waals surface area (Å²) < 4.78 is 11.5. The fourth-order valence-corrected chi connectivity index (χ4v) is 2.17. The van der Waals surface area contributed by atoms with Crippen molar-refractivity contribution in [2.24, 2.45) is 11.7 Å². The van der Waals surface area contributed by atoms with Gasteiger partial charge in [-0.05, 0) is 12.3 Å². The van der Waals surface area contributed by atoms with Crippen molar-refractivity contribution in [3.05, 3.63) is 0 Å². The van der Waals surface area contributed by atoms with Crippen molar-refractivity contribution in [1.82, 2.24) is 0 Å². The van der Waals surface area contributed by atoms with Crippen LogP contribution in [0.15, 0.2) is 0 Å². The molecule has 0 aromatic heterocycles. The third kappa shape index (κ3) is 1.37. The van der Waals surface area contributed by atoms with Crippen LogP contribution in [-0.4, -0.2) is 25.0 Å². The SMILES string of the molecule is CC1CCC2(C1)OCC(CN)O2. The average molecular weight is 171 g/mol. The van der Waals surface area contributed by atoms with E-state index in [-0.39, 0.29) is 11.9 Å². The Labute approximate surface area is 73.2 Å². The van der Waals surface area contributed by atoms with Crippen LogP contribution in [0.5, 0.6) is 0 Å². The number of hydrogen-bond acceptors (Lipinski definition) is 3. The van der Waals surface area contributed by atoms with Gasteiger partial charge in [0, 0.05) is 19.4 Å². The first-order valence-electron chi connectivity index (χ1n) is 4.76. The summed E-state index contributed by atoms with van der Waals surface area (Å²) in [5.74, 6) is 0.491. The van der Waals surface area contributed by atoms with Crippen LogP contribution in [0.2, 0.25) is 0 Å². The fraction of sp³-hybridized carbons (Fsp3) is 1.00. The Morgan fingerprint density at radius 1 is 1.58 bits per heavy atom. The Hall–Kier alpha value is -0.120. The first kappa shape index (κ1) is 8.48. The highest BCUT2D eigenvalue weighted by Gasteiger charge is 2.45. The smallest absolute Gasteiger partial charge is 0.169 e. The summed E-state index contributed by atoms with van der Waals surface area (Å²) >= 11 is 0. The van der Waals surface area contributed by atoms with E-state index in [0.29, 0.717) is 13.2 Å². The normalized spacial score (nSPS) is 47.5. The second kappa shape index (κ2) is 2.98. The van der Waals surface area contributed by atoms with Crippen LogP contribution in [0.3, 0.4) is 0 Å². The third-order valence-corrected chi connectivity index (χ3v) is 2.85. The Bertz CT molecular complexity index is 174. The van der Waals surface area contributed by atoms with Gasteiger partial charge >= 0.3 is 0 Å². The molecule has 1 aliphatic carbocycles. The summed E-state index contributed by atoms with van der Waals surface area (Å²) in [5, 5.41) is 0. The summed E-state index contributed by atoms with van der Waals surface area (Å²) in [6.45, 7) is 3.51. The molecule has 1 saturated carbocycles. The van der Waals surface area contributed by atoms with Crippen molar-refractivity contribution >= 4 is 0 Å². The molecule has 70 valence electrons. The monoisotopic (exact) mass is 171 g/mol. The number of rotatable bonds is 1. The van der Waals surface area contributed by atoms with E-state index in [4.69, 9.17) is 15.2 Å². The fourth-order valence-electron chi connectivity index (χ4n) is 2.17. The van der Waals surface area contributed by atoms with E-state index in [9.17, 15) is 0 Å². The van der Waals surface area contributed by atoms with E-state index in [1.165, 1.54) is 6.42 Å². The van der Waals surface area contributed by atoms with Gasteiger partial charge < -0.3 is 15.2 Å². The molecule has 3 heteroatoms. The standard InChI is InChI=1S/C9H17NO2/c1-7-2-3-9(4-7)11-6-8(5-10)12-9/h7-8H,2-6,10H2,1H3. The van der Waals surface area contributed by atoms with Crippen LogP contribution < -0.4 is 5.73 Å². The second-order valence-electron chi connectivity index (χ2n) is 4.05. The predicted octanol–water partition coefficient (Wildman–Crippen LogP) is 0.877. The Morgan fingerprint density at radius 3 is 2.92 bits per heavy atom. The molecule has 2 aliphatic rings. The largest absolute Gasteiger partial charge is 0.347 e. The molecule has 1 aliphatic heterocycles. The van der Waals surface area contributed by atoms with Gasteiger partial charge in [-0.2, -0.15) is 0 Å². The summed E-state index contributed by atoms with van der Waals surface area (Å²) in [4.78, 5) is 0. The molecule has 3 unspecified atom stereocenters. The Kier molecular flexibility index (Phi) is 2.10. The van der Waals surface area contributed by atoms with Crippen LogP contribution in [0, 0.1) is 5.92 Å². The highest BCUT2D eigenvalue weighted by Crippen LogP contribution is 2.41. The van der Waals surface area contributed by atoms with Crippen molar-refractivity contribution in [3.8, 4) is 0 Å². The molecule has 0 amide bonds. The van der Waals surface area contributed by atoms with Gasteiger partial charge in [-0.1, -0.05) is 6.92 Å². The van der Waals surface area contributed by atoms with Crippen molar-refractivity contribution < 1.29 is 9.47 Å². The van der Waals surface area contributed by atoms with E-state index in [1.807, 2.05) is 0 Å². The Morgan fingerprint density at radius 2 is 2.42 bits per heavy atom. The van der Waals surface area contributed by atoms with Gasteiger partial charge in [-0.3, -0.25) is 0 Å². The van der Waals surface area contributed by atoms with Crippen molar-refractivity contribution in [2.75, 3.05) is 13.2 Å². The predicted molar refractivity (Wildman–Crippen MR) is 45.6 cm³/mol. The molecule has 0 aromatic rings.